The topological polar surface area (TPSA) is 38.7 Å². The van der Waals surface area contributed by atoms with E-state index < -0.39 is 0 Å². The van der Waals surface area contributed by atoms with Crippen LogP contribution in [-0.2, 0) is 5.41 Å². The molecule has 0 bridgehead atoms. The zero-order valence-corrected chi connectivity index (χ0v) is 25.1. The molecule has 0 saturated heterocycles. The van der Waals surface area contributed by atoms with E-state index in [9.17, 15) is 0 Å². The average Bonchev–Trinajstić information content (AvgIpc) is 3.33. The van der Waals surface area contributed by atoms with E-state index in [2.05, 4.69) is 146 Å². The lowest BCUT2D eigenvalue weighted by Gasteiger charge is -2.21. The second-order valence-electron chi connectivity index (χ2n) is 12.5. The standard InChI is InChI=1S/C42H29N3/c1-42(2)35-11-4-3-9-33(35)34-21-18-31(25-36(34)42)38-23-20-30-17-16-29-19-22-37(44-40(29)41(30)45-38)27-14-12-26(13-15-27)32-10-5-7-28-8-6-24-43-39(28)32/h3-25H,1-2H3. The molecular formula is C42H29N3. The van der Waals surface area contributed by atoms with Gasteiger partial charge in [-0.2, -0.15) is 0 Å². The van der Waals surface area contributed by atoms with Crippen molar-refractivity contribution in [1.82, 2.24) is 15.0 Å². The summed E-state index contributed by atoms with van der Waals surface area (Å²) in [5.74, 6) is 0. The molecule has 0 amide bonds. The Labute approximate surface area is 261 Å². The van der Waals surface area contributed by atoms with Gasteiger partial charge in [-0.1, -0.05) is 123 Å². The van der Waals surface area contributed by atoms with Gasteiger partial charge in [0.2, 0.25) is 0 Å². The largest absolute Gasteiger partial charge is 0.256 e. The van der Waals surface area contributed by atoms with E-state index in [0.29, 0.717) is 0 Å². The second kappa shape index (κ2) is 9.67. The second-order valence-corrected chi connectivity index (χ2v) is 12.5. The predicted octanol–water partition coefficient (Wildman–Crippen LogP) is 10.6. The van der Waals surface area contributed by atoms with Crippen molar-refractivity contribution in [2.75, 3.05) is 0 Å². The predicted molar refractivity (Wildman–Crippen MR) is 186 cm³/mol. The summed E-state index contributed by atoms with van der Waals surface area (Å²) in [6, 6.07) is 47.5. The minimum absolute atomic E-state index is 0.0540. The average molecular weight is 576 g/mol. The van der Waals surface area contributed by atoms with E-state index in [1.54, 1.807) is 0 Å². The molecule has 0 N–H and O–H groups in total. The summed E-state index contributed by atoms with van der Waals surface area (Å²) in [5, 5.41) is 3.31. The zero-order chi connectivity index (χ0) is 30.1. The lowest BCUT2D eigenvalue weighted by atomic mass is 9.82. The molecule has 0 saturated carbocycles. The molecular weight excluding hydrogens is 546 g/mol. The van der Waals surface area contributed by atoms with Gasteiger partial charge >= 0.3 is 0 Å². The fourth-order valence-electron chi connectivity index (χ4n) is 7.11. The van der Waals surface area contributed by atoms with Gasteiger partial charge in [-0.25, -0.2) is 9.97 Å². The summed E-state index contributed by atoms with van der Waals surface area (Å²) in [7, 11) is 0. The third-order valence-corrected chi connectivity index (χ3v) is 9.52. The van der Waals surface area contributed by atoms with Crippen molar-refractivity contribution in [3.8, 4) is 44.8 Å². The van der Waals surface area contributed by atoms with E-state index in [1.165, 1.54) is 22.3 Å². The first kappa shape index (κ1) is 25.8. The fraction of sp³-hybridized carbons (Fsp3) is 0.0714. The third-order valence-electron chi connectivity index (χ3n) is 9.52. The van der Waals surface area contributed by atoms with Gasteiger partial charge in [0, 0.05) is 44.5 Å². The lowest BCUT2D eigenvalue weighted by Crippen LogP contribution is -2.14. The first-order valence-corrected chi connectivity index (χ1v) is 15.4. The lowest BCUT2D eigenvalue weighted by molar-refractivity contribution is 0.660. The van der Waals surface area contributed by atoms with Gasteiger partial charge in [-0.3, -0.25) is 4.98 Å². The summed E-state index contributed by atoms with van der Waals surface area (Å²) in [6.07, 6.45) is 1.85. The molecule has 3 heterocycles. The van der Waals surface area contributed by atoms with Crippen LogP contribution < -0.4 is 0 Å². The molecule has 0 radical (unpaired) electrons. The first-order chi connectivity index (χ1) is 22.0. The molecule has 1 aliphatic carbocycles. The molecule has 9 rings (SSSR count). The minimum atomic E-state index is -0.0540. The van der Waals surface area contributed by atoms with Crippen LogP contribution in [-0.4, -0.2) is 15.0 Å². The first-order valence-electron chi connectivity index (χ1n) is 15.4. The van der Waals surface area contributed by atoms with E-state index in [0.717, 1.165) is 66.4 Å². The molecule has 3 nitrogen and oxygen atoms in total. The number of hydrogen-bond donors (Lipinski definition) is 0. The zero-order valence-electron chi connectivity index (χ0n) is 25.1. The Bertz CT molecular complexity index is 2450. The highest BCUT2D eigenvalue weighted by molar-refractivity contribution is 6.04. The van der Waals surface area contributed by atoms with E-state index >= 15 is 0 Å². The molecule has 212 valence electrons. The van der Waals surface area contributed by atoms with Crippen molar-refractivity contribution in [1.29, 1.82) is 0 Å². The van der Waals surface area contributed by atoms with Gasteiger partial charge < -0.3 is 0 Å². The maximum absolute atomic E-state index is 5.24. The van der Waals surface area contributed by atoms with Crippen molar-refractivity contribution < 1.29 is 0 Å². The molecule has 0 atom stereocenters. The van der Waals surface area contributed by atoms with E-state index in [-0.39, 0.29) is 5.41 Å². The summed E-state index contributed by atoms with van der Waals surface area (Å²) in [5.41, 5.74) is 14.6. The van der Waals surface area contributed by atoms with Crippen molar-refractivity contribution >= 4 is 32.7 Å². The molecule has 1 aliphatic rings. The van der Waals surface area contributed by atoms with Crippen LogP contribution in [0.25, 0.3) is 77.5 Å². The number of para-hydroxylation sites is 1. The quantitative estimate of drug-likeness (QED) is 0.197. The highest BCUT2D eigenvalue weighted by Gasteiger charge is 2.35. The van der Waals surface area contributed by atoms with Crippen molar-refractivity contribution in [3.05, 3.63) is 151 Å². The van der Waals surface area contributed by atoms with Gasteiger partial charge in [0.15, 0.2) is 0 Å². The Morgan fingerprint density at radius 3 is 1.78 bits per heavy atom. The van der Waals surface area contributed by atoms with Gasteiger partial charge in [0.25, 0.3) is 0 Å². The maximum Gasteiger partial charge on any atom is 0.0972 e. The number of rotatable bonds is 3. The Balaban J connectivity index is 1.12. The third kappa shape index (κ3) is 4.01. The van der Waals surface area contributed by atoms with Crippen LogP contribution in [0, 0.1) is 0 Å². The van der Waals surface area contributed by atoms with Crippen LogP contribution in [0.5, 0.6) is 0 Å². The van der Waals surface area contributed by atoms with Gasteiger partial charge in [0.1, 0.15) is 0 Å². The molecule has 3 heteroatoms. The van der Waals surface area contributed by atoms with Gasteiger partial charge in [-0.05, 0) is 52.1 Å². The van der Waals surface area contributed by atoms with Crippen LogP contribution in [0.2, 0.25) is 0 Å². The summed E-state index contributed by atoms with van der Waals surface area (Å²) >= 11 is 0. The van der Waals surface area contributed by atoms with Crippen LogP contribution in [0.4, 0.5) is 0 Å². The van der Waals surface area contributed by atoms with Crippen LogP contribution in [0.3, 0.4) is 0 Å². The highest BCUT2D eigenvalue weighted by atomic mass is 14.8. The smallest absolute Gasteiger partial charge is 0.0972 e. The number of pyridine rings is 3. The molecule has 0 fully saturated rings. The SMILES string of the molecule is CC1(C)c2ccccc2-c2ccc(-c3ccc4ccc5ccc(-c6ccc(-c7cccc8cccnc78)cc6)nc5c4n3)cc21. The molecule has 45 heavy (non-hydrogen) atoms. The minimum Gasteiger partial charge on any atom is -0.256 e. The molecule has 5 aromatic carbocycles. The number of fused-ring (bicyclic) bond motifs is 7. The Hall–Kier alpha value is -5.67. The summed E-state index contributed by atoms with van der Waals surface area (Å²) in [4.78, 5) is 15.1. The Kier molecular flexibility index (Phi) is 5.54. The fourth-order valence-corrected chi connectivity index (χ4v) is 7.11. The number of hydrogen-bond acceptors (Lipinski definition) is 3. The summed E-state index contributed by atoms with van der Waals surface area (Å²) < 4.78 is 0. The monoisotopic (exact) mass is 575 g/mol. The number of benzene rings is 5. The van der Waals surface area contributed by atoms with E-state index in [4.69, 9.17) is 9.97 Å². The Morgan fingerprint density at radius 1 is 0.422 bits per heavy atom. The van der Waals surface area contributed by atoms with Crippen molar-refractivity contribution in [3.63, 3.8) is 0 Å². The summed E-state index contributed by atoms with van der Waals surface area (Å²) in [6.45, 7) is 4.64. The molecule has 0 unspecified atom stereocenters. The number of nitrogens with zero attached hydrogens (tertiary/aromatic N) is 3. The van der Waals surface area contributed by atoms with Crippen molar-refractivity contribution in [2.45, 2.75) is 19.3 Å². The van der Waals surface area contributed by atoms with Crippen molar-refractivity contribution in [2.24, 2.45) is 0 Å². The number of aromatic nitrogens is 3. The van der Waals surface area contributed by atoms with Crippen LogP contribution >= 0.6 is 0 Å². The molecule has 0 spiro atoms. The maximum atomic E-state index is 5.24. The molecule has 0 aliphatic heterocycles. The molecule has 8 aromatic rings. The highest BCUT2D eigenvalue weighted by Crippen LogP contribution is 2.49. The van der Waals surface area contributed by atoms with Crippen LogP contribution in [0.1, 0.15) is 25.0 Å². The normalized spacial score (nSPS) is 13.3. The van der Waals surface area contributed by atoms with Crippen LogP contribution in [0.15, 0.2) is 140 Å². The molecule has 3 aromatic heterocycles. The van der Waals surface area contributed by atoms with Gasteiger partial charge in [0.05, 0.1) is 27.9 Å². The van der Waals surface area contributed by atoms with Gasteiger partial charge in [-0.15, -0.1) is 0 Å². The Morgan fingerprint density at radius 2 is 1.00 bits per heavy atom. The van der Waals surface area contributed by atoms with E-state index in [1.807, 2.05) is 12.3 Å².